The molecular formula is C8H6BrF3INO2. The van der Waals surface area contributed by atoms with Gasteiger partial charge in [-0.25, -0.2) is 4.98 Å². The third kappa shape index (κ3) is 3.74. The van der Waals surface area contributed by atoms with Gasteiger partial charge in [-0.05, 0) is 34.2 Å². The predicted octanol–water partition coefficient (Wildman–Crippen LogP) is 2.97. The Hall–Kier alpha value is -0.0900. The molecule has 0 aliphatic heterocycles. The van der Waals surface area contributed by atoms with E-state index in [0.717, 1.165) is 0 Å². The highest BCUT2D eigenvalue weighted by atomic mass is 127. The van der Waals surface area contributed by atoms with Crippen molar-refractivity contribution in [2.75, 3.05) is 0 Å². The monoisotopic (exact) mass is 411 g/mol. The minimum absolute atomic E-state index is 0.123. The highest BCUT2D eigenvalue weighted by Crippen LogP contribution is 2.29. The van der Waals surface area contributed by atoms with E-state index in [0.29, 0.717) is 9.26 Å². The molecular weight excluding hydrogens is 406 g/mol. The first-order valence-corrected chi connectivity index (χ1v) is 6.18. The van der Waals surface area contributed by atoms with Crippen molar-refractivity contribution >= 4 is 38.5 Å². The minimum Gasteiger partial charge on any atom is -0.392 e. The van der Waals surface area contributed by atoms with Crippen molar-refractivity contribution in [1.29, 1.82) is 0 Å². The van der Waals surface area contributed by atoms with Gasteiger partial charge in [-0.2, -0.15) is 0 Å². The number of rotatable bonds is 3. The van der Waals surface area contributed by atoms with Crippen LogP contribution in [-0.4, -0.2) is 16.5 Å². The first kappa shape index (κ1) is 14.0. The highest BCUT2D eigenvalue weighted by molar-refractivity contribution is 14.1. The molecule has 90 valence electrons. The molecule has 1 rings (SSSR count). The first-order chi connectivity index (χ1) is 7.37. The second-order valence-corrected chi connectivity index (χ2v) is 4.39. The Morgan fingerprint density at radius 1 is 1.50 bits per heavy atom. The fourth-order valence-electron chi connectivity index (χ4n) is 1.04. The van der Waals surface area contributed by atoms with Crippen LogP contribution in [0.3, 0.4) is 0 Å². The average molecular weight is 412 g/mol. The molecule has 0 amide bonds. The van der Waals surface area contributed by atoms with E-state index in [-0.39, 0.29) is 17.5 Å². The third-order valence-electron chi connectivity index (χ3n) is 1.66. The number of aliphatic hydroxyl groups excluding tert-OH is 1. The maximum absolute atomic E-state index is 12.1. The molecule has 0 radical (unpaired) electrons. The number of alkyl halides is 4. The summed E-state index contributed by atoms with van der Waals surface area (Å²) in [6.45, 7) is -0.367. The van der Waals surface area contributed by atoms with E-state index in [9.17, 15) is 13.2 Å². The van der Waals surface area contributed by atoms with Crippen molar-refractivity contribution < 1.29 is 23.0 Å². The standard InChI is InChI=1S/C8H6BrF3INO2/c9-2-5-4(3-15)1-6(13)14-7(5)16-8(10,11)12/h1,15H,2-3H2. The van der Waals surface area contributed by atoms with Gasteiger partial charge in [0.05, 0.1) is 6.61 Å². The molecule has 0 bridgehead atoms. The van der Waals surface area contributed by atoms with Crippen LogP contribution in [0.1, 0.15) is 11.1 Å². The molecule has 0 atom stereocenters. The Morgan fingerprint density at radius 2 is 2.12 bits per heavy atom. The summed E-state index contributed by atoms with van der Waals surface area (Å²) in [7, 11) is 0. The van der Waals surface area contributed by atoms with Crippen LogP contribution in [0, 0.1) is 3.70 Å². The number of hydrogen-bond acceptors (Lipinski definition) is 3. The lowest BCUT2D eigenvalue weighted by atomic mass is 10.1. The Balaban J connectivity index is 3.20. The summed E-state index contributed by atoms with van der Waals surface area (Å²) in [5.74, 6) is -0.527. The maximum Gasteiger partial charge on any atom is 0.574 e. The molecule has 1 heterocycles. The number of aliphatic hydroxyl groups is 1. The van der Waals surface area contributed by atoms with Gasteiger partial charge < -0.3 is 9.84 Å². The molecule has 16 heavy (non-hydrogen) atoms. The lowest BCUT2D eigenvalue weighted by Crippen LogP contribution is -2.19. The van der Waals surface area contributed by atoms with Gasteiger partial charge in [0.1, 0.15) is 3.70 Å². The number of aromatic nitrogens is 1. The van der Waals surface area contributed by atoms with E-state index in [1.165, 1.54) is 6.07 Å². The maximum atomic E-state index is 12.1. The summed E-state index contributed by atoms with van der Waals surface area (Å²) < 4.78 is 40.4. The highest BCUT2D eigenvalue weighted by Gasteiger charge is 2.33. The number of ether oxygens (including phenoxy) is 1. The largest absolute Gasteiger partial charge is 0.574 e. The SMILES string of the molecule is OCc1cc(I)nc(OC(F)(F)F)c1CBr. The molecule has 0 aromatic carbocycles. The number of nitrogens with zero attached hydrogens (tertiary/aromatic N) is 1. The summed E-state index contributed by atoms with van der Waals surface area (Å²) >= 11 is 4.79. The van der Waals surface area contributed by atoms with Gasteiger partial charge in [0.25, 0.3) is 0 Å². The van der Waals surface area contributed by atoms with Crippen LogP contribution in [0.4, 0.5) is 13.2 Å². The summed E-state index contributed by atoms with van der Waals surface area (Å²) in [4.78, 5) is 3.64. The van der Waals surface area contributed by atoms with Crippen LogP contribution in [0.15, 0.2) is 6.07 Å². The van der Waals surface area contributed by atoms with Crippen molar-refractivity contribution in [3.8, 4) is 5.88 Å². The van der Waals surface area contributed by atoms with Crippen LogP contribution in [0.25, 0.3) is 0 Å². The van der Waals surface area contributed by atoms with Gasteiger partial charge in [-0.1, -0.05) is 15.9 Å². The van der Waals surface area contributed by atoms with E-state index in [2.05, 4.69) is 25.7 Å². The van der Waals surface area contributed by atoms with Crippen LogP contribution < -0.4 is 4.74 Å². The molecule has 0 unspecified atom stereocenters. The fraction of sp³-hybridized carbons (Fsp3) is 0.375. The number of halogens is 5. The molecule has 8 heteroatoms. The minimum atomic E-state index is -4.79. The summed E-state index contributed by atoms with van der Waals surface area (Å²) in [6.07, 6.45) is -4.79. The Bertz CT molecular complexity index is 386. The normalized spacial score (nSPS) is 11.6. The first-order valence-electron chi connectivity index (χ1n) is 3.98. The van der Waals surface area contributed by atoms with Gasteiger partial charge in [0.15, 0.2) is 0 Å². The zero-order valence-corrected chi connectivity index (χ0v) is 11.4. The number of hydrogen-bond donors (Lipinski definition) is 1. The van der Waals surface area contributed by atoms with Crippen molar-refractivity contribution in [3.63, 3.8) is 0 Å². The molecule has 0 saturated carbocycles. The summed E-state index contributed by atoms with van der Waals surface area (Å²) in [6, 6.07) is 1.50. The van der Waals surface area contributed by atoms with Crippen molar-refractivity contribution in [2.45, 2.75) is 18.3 Å². The van der Waals surface area contributed by atoms with Crippen LogP contribution >= 0.6 is 38.5 Å². The zero-order chi connectivity index (χ0) is 12.3. The van der Waals surface area contributed by atoms with E-state index in [1.54, 1.807) is 22.6 Å². The topological polar surface area (TPSA) is 42.4 Å². The molecule has 0 aliphatic rings. The quantitative estimate of drug-likeness (QED) is 0.472. The lowest BCUT2D eigenvalue weighted by molar-refractivity contribution is -0.276. The van der Waals surface area contributed by atoms with E-state index >= 15 is 0 Å². The average Bonchev–Trinajstić information content (AvgIpc) is 2.14. The van der Waals surface area contributed by atoms with Gasteiger partial charge in [-0.3, -0.25) is 0 Å². The van der Waals surface area contributed by atoms with Crippen molar-refractivity contribution in [3.05, 3.63) is 20.9 Å². The van der Waals surface area contributed by atoms with Crippen LogP contribution in [0.2, 0.25) is 0 Å². The molecule has 1 N–H and O–H groups in total. The van der Waals surface area contributed by atoms with E-state index < -0.39 is 12.2 Å². The molecule has 0 aliphatic carbocycles. The van der Waals surface area contributed by atoms with Crippen LogP contribution in [-0.2, 0) is 11.9 Å². The molecule has 0 spiro atoms. The van der Waals surface area contributed by atoms with Crippen molar-refractivity contribution in [2.24, 2.45) is 0 Å². The van der Waals surface area contributed by atoms with Gasteiger partial charge in [0.2, 0.25) is 5.88 Å². The van der Waals surface area contributed by atoms with E-state index in [4.69, 9.17) is 5.11 Å². The Morgan fingerprint density at radius 3 is 2.56 bits per heavy atom. The molecule has 0 saturated heterocycles. The molecule has 1 aromatic heterocycles. The second-order valence-electron chi connectivity index (χ2n) is 2.73. The predicted molar refractivity (Wildman–Crippen MR) is 62.2 cm³/mol. The number of pyridine rings is 1. The lowest BCUT2D eigenvalue weighted by Gasteiger charge is -2.13. The zero-order valence-electron chi connectivity index (χ0n) is 7.68. The summed E-state index contributed by atoms with van der Waals surface area (Å²) in [5, 5.41) is 9.13. The summed E-state index contributed by atoms with van der Waals surface area (Å²) in [5.41, 5.74) is 0.552. The second kappa shape index (κ2) is 5.50. The Labute approximate surface area is 111 Å². The van der Waals surface area contributed by atoms with Crippen molar-refractivity contribution in [1.82, 2.24) is 4.98 Å². The molecule has 0 fully saturated rings. The van der Waals surface area contributed by atoms with Gasteiger partial charge in [-0.15, -0.1) is 13.2 Å². The smallest absolute Gasteiger partial charge is 0.392 e. The third-order valence-corrected chi connectivity index (χ3v) is 2.78. The van der Waals surface area contributed by atoms with Crippen LogP contribution in [0.5, 0.6) is 5.88 Å². The van der Waals surface area contributed by atoms with E-state index in [1.807, 2.05) is 0 Å². The molecule has 3 nitrogen and oxygen atoms in total. The van der Waals surface area contributed by atoms with Gasteiger partial charge >= 0.3 is 6.36 Å². The van der Waals surface area contributed by atoms with Gasteiger partial charge in [0, 0.05) is 10.9 Å². The fourth-order valence-corrected chi connectivity index (χ4v) is 2.24. The molecule has 1 aromatic rings. The Kier molecular flexibility index (Phi) is 4.80.